The number of fused-ring (bicyclic) bond motifs is 1. The van der Waals surface area contributed by atoms with Crippen molar-refractivity contribution in [2.24, 2.45) is 0 Å². The van der Waals surface area contributed by atoms with Gasteiger partial charge in [0, 0.05) is 13.1 Å². The Morgan fingerprint density at radius 2 is 2.16 bits per heavy atom. The van der Waals surface area contributed by atoms with Gasteiger partial charge in [-0.2, -0.15) is 4.98 Å². The quantitative estimate of drug-likeness (QED) is 0.775. The number of carboxylic acids is 1. The molecule has 1 fully saturated rings. The Morgan fingerprint density at radius 1 is 1.42 bits per heavy atom. The molecule has 0 amide bonds. The Balaban J connectivity index is 2.13. The van der Waals surface area contributed by atoms with Crippen LogP contribution in [0.3, 0.4) is 0 Å². The molecule has 0 radical (unpaired) electrons. The maximum Gasteiger partial charge on any atom is 0.338 e. The number of anilines is 2. The summed E-state index contributed by atoms with van der Waals surface area (Å²) < 4.78 is 6.76. The summed E-state index contributed by atoms with van der Waals surface area (Å²) in [5, 5.41) is 13.3. The molecule has 0 saturated carbocycles. The third-order valence-corrected chi connectivity index (χ3v) is 3.05. The minimum Gasteiger partial charge on any atom is -0.478 e. The highest BCUT2D eigenvalue weighted by atomic mass is 16.5. The number of hydrogen-bond donors (Lipinski definition) is 2. The van der Waals surface area contributed by atoms with Crippen LogP contribution in [0.2, 0.25) is 0 Å². The van der Waals surface area contributed by atoms with E-state index >= 15 is 0 Å². The van der Waals surface area contributed by atoms with E-state index in [4.69, 9.17) is 10.5 Å². The van der Waals surface area contributed by atoms with Crippen molar-refractivity contribution >= 4 is 23.3 Å². The molecule has 100 valence electrons. The minimum atomic E-state index is -0.995. The number of morpholine rings is 1. The van der Waals surface area contributed by atoms with Crippen LogP contribution < -0.4 is 10.6 Å². The number of nitrogens with zero attached hydrogens (tertiary/aromatic N) is 4. The number of aromatic nitrogens is 3. The van der Waals surface area contributed by atoms with Gasteiger partial charge in [-0.3, -0.25) is 0 Å². The summed E-state index contributed by atoms with van der Waals surface area (Å²) in [5.41, 5.74) is 6.75. The van der Waals surface area contributed by atoms with Gasteiger partial charge in [0.25, 0.3) is 0 Å². The number of hydrogen-bond acceptors (Lipinski definition) is 6. The molecule has 0 atom stereocenters. The van der Waals surface area contributed by atoms with Crippen LogP contribution in [0.4, 0.5) is 11.6 Å². The zero-order chi connectivity index (χ0) is 13.4. The zero-order valence-corrected chi connectivity index (χ0v) is 10.1. The predicted octanol–water partition coefficient (Wildman–Crippen LogP) is -0.154. The van der Waals surface area contributed by atoms with Crippen LogP contribution in [0.5, 0.6) is 0 Å². The van der Waals surface area contributed by atoms with Crippen molar-refractivity contribution in [1.29, 1.82) is 0 Å². The van der Waals surface area contributed by atoms with Gasteiger partial charge in [0.2, 0.25) is 5.95 Å². The number of nitrogen functional groups attached to an aromatic ring is 1. The van der Waals surface area contributed by atoms with Crippen molar-refractivity contribution in [3.63, 3.8) is 0 Å². The fourth-order valence-electron chi connectivity index (χ4n) is 2.16. The number of carbonyl (C=O) groups is 1. The molecule has 19 heavy (non-hydrogen) atoms. The highest BCUT2D eigenvalue weighted by Crippen LogP contribution is 2.23. The maximum atomic E-state index is 11.4. The van der Waals surface area contributed by atoms with Gasteiger partial charge in [-0.25, -0.2) is 9.31 Å². The number of aromatic carboxylic acids is 1. The summed E-state index contributed by atoms with van der Waals surface area (Å²) in [5.74, 6) is -0.874. The second-order valence-corrected chi connectivity index (χ2v) is 4.25. The first-order valence-electron chi connectivity index (χ1n) is 5.87. The summed E-state index contributed by atoms with van der Waals surface area (Å²) in [6, 6.07) is 1.48. The molecule has 0 aliphatic carbocycles. The largest absolute Gasteiger partial charge is 0.478 e. The van der Waals surface area contributed by atoms with Crippen LogP contribution in [-0.2, 0) is 4.74 Å². The average molecular weight is 263 g/mol. The van der Waals surface area contributed by atoms with E-state index in [1.54, 1.807) is 6.20 Å². The molecular weight excluding hydrogens is 250 g/mol. The van der Waals surface area contributed by atoms with Gasteiger partial charge in [-0.05, 0) is 6.07 Å². The van der Waals surface area contributed by atoms with Gasteiger partial charge >= 0.3 is 5.97 Å². The molecule has 2 aromatic rings. The monoisotopic (exact) mass is 263 g/mol. The van der Waals surface area contributed by atoms with Gasteiger partial charge < -0.3 is 20.5 Å². The molecule has 1 aliphatic heterocycles. The summed E-state index contributed by atoms with van der Waals surface area (Å²) in [7, 11) is 0. The smallest absolute Gasteiger partial charge is 0.338 e. The molecule has 8 nitrogen and oxygen atoms in total. The second kappa shape index (κ2) is 4.39. The van der Waals surface area contributed by atoms with Crippen molar-refractivity contribution < 1.29 is 14.6 Å². The number of ether oxygens (including phenoxy) is 1. The number of carboxylic acid groups (broad SMARTS) is 1. The molecule has 0 bridgehead atoms. The number of pyridine rings is 1. The van der Waals surface area contributed by atoms with Gasteiger partial charge in [-0.15, -0.1) is 5.10 Å². The number of nitrogens with two attached hydrogens (primary N) is 1. The van der Waals surface area contributed by atoms with Crippen molar-refractivity contribution in [3.05, 3.63) is 17.8 Å². The Kier molecular flexibility index (Phi) is 2.71. The van der Waals surface area contributed by atoms with Crippen LogP contribution in [-0.4, -0.2) is 52.0 Å². The van der Waals surface area contributed by atoms with Crippen molar-refractivity contribution in [2.75, 3.05) is 36.9 Å². The minimum absolute atomic E-state index is 0.121. The maximum absolute atomic E-state index is 11.4. The summed E-state index contributed by atoms with van der Waals surface area (Å²) in [6.07, 6.45) is 1.65. The van der Waals surface area contributed by atoms with E-state index in [2.05, 4.69) is 10.1 Å². The lowest BCUT2D eigenvalue weighted by Gasteiger charge is -2.29. The third-order valence-electron chi connectivity index (χ3n) is 3.05. The average Bonchev–Trinajstić information content (AvgIpc) is 2.77. The van der Waals surface area contributed by atoms with E-state index < -0.39 is 5.97 Å². The Bertz CT molecular complexity index is 633. The van der Waals surface area contributed by atoms with Gasteiger partial charge in [0.15, 0.2) is 5.65 Å². The lowest BCUT2D eigenvalue weighted by Crippen LogP contribution is -2.37. The molecule has 3 N–H and O–H groups in total. The summed E-state index contributed by atoms with van der Waals surface area (Å²) >= 11 is 0. The lowest BCUT2D eigenvalue weighted by atomic mass is 10.2. The topological polar surface area (TPSA) is 106 Å². The van der Waals surface area contributed by atoms with E-state index in [1.807, 2.05) is 4.90 Å². The first kappa shape index (κ1) is 11.7. The van der Waals surface area contributed by atoms with Crippen molar-refractivity contribution in [1.82, 2.24) is 14.6 Å². The van der Waals surface area contributed by atoms with Gasteiger partial charge in [-0.1, -0.05) is 0 Å². The molecule has 0 spiro atoms. The van der Waals surface area contributed by atoms with Crippen LogP contribution in [0.1, 0.15) is 10.4 Å². The normalized spacial score (nSPS) is 15.9. The fourth-order valence-corrected chi connectivity index (χ4v) is 2.16. The molecule has 1 aliphatic rings. The Hall–Kier alpha value is -2.35. The molecule has 0 unspecified atom stereocenters. The Labute approximate surface area is 108 Å². The molecule has 1 saturated heterocycles. The van der Waals surface area contributed by atoms with Gasteiger partial charge in [0.05, 0.1) is 30.7 Å². The Morgan fingerprint density at radius 3 is 2.84 bits per heavy atom. The SMILES string of the molecule is Nc1nc2cc(C(=O)O)c(N3CCOCC3)cn2n1. The standard InChI is InChI=1S/C11H13N5O3/c12-11-13-9-5-7(10(17)18)8(6-16(9)14-11)15-1-3-19-4-2-15/h5-6H,1-4H2,(H2,12,14)(H,17,18). The van der Waals surface area contributed by atoms with Gasteiger partial charge in [0.1, 0.15) is 0 Å². The summed E-state index contributed by atoms with van der Waals surface area (Å²) in [4.78, 5) is 17.3. The van der Waals surface area contributed by atoms with Crippen LogP contribution >= 0.6 is 0 Å². The highest BCUT2D eigenvalue weighted by Gasteiger charge is 2.20. The van der Waals surface area contributed by atoms with Crippen LogP contribution in [0, 0.1) is 0 Å². The van der Waals surface area contributed by atoms with E-state index in [1.165, 1.54) is 10.6 Å². The van der Waals surface area contributed by atoms with E-state index in [0.29, 0.717) is 37.6 Å². The van der Waals surface area contributed by atoms with E-state index in [-0.39, 0.29) is 11.5 Å². The third kappa shape index (κ3) is 2.06. The zero-order valence-electron chi connectivity index (χ0n) is 10.1. The predicted molar refractivity (Wildman–Crippen MR) is 67.4 cm³/mol. The first-order valence-corrected chi connectivity index (χ1v) is 5.87. The second-order valence-electron chi connectivity index (χ2n) is 4.25. The fraction of sp³-hybridized carbons (Fsp3) is 0.364. The lowest BCUT2D eigenvalue weighted by molar-refractivity contribution is 0.0696. The first-order chi connectivity index (χ1) is 9.15. The van der Waals surface area contributed by atoms with Crippen molar-refractivity contribution in [3.8, 4) is 0 Å². The highest BCUT2D eigenvalue weighted by molar-refractivity contribution is 5.95. The van der Waals surface area contributed by atoms with Crippen LogP contribution in [0.15, 0.2) is 12.3 Å². The van der Waals surface area contributed by atoms with E-state index in [9.17, 15) is 9.90 Å². The molecule has 8 heteroatoms. The molecule has 0 aromatic carbocycles. The van der Waals surface area contributed by atoms with Crippen molar-refractivity contribution in [2.45, 2.75) is 0 Å². The molecular formula is C11H13N5O3. The van der Waals surface area contributed by atoms with E-state index in [0.717, 1.165) is 0 Å². The van der Waals surface area contributed by atoms with Crippen LogP contribution in [0.25, 0.3) is 5.65 Å². The summed E-state index contributed by atoms with van der Waals surface area (Å²) in [6.45, 7) is 2.46. The molecule has 2 aromatic heterocycles. The molecule has 3 rings (SSSR count). The number of rotatable bonds is 2. The molecule has 3 heterocycles.